The third-order valence-corrected chi connectivity index (χ3v) is 3.69. The van der Waals surface area contributed by atoms with E-state index in [2.05, 4.69) is 34.6 Å². The minimum Gasteiger partial charge on any atom is -0.464 e. The Kier molecular flexibility index (Phi) is 13.5. The lowest BCUT2D eigenvalue weighted by Gasteiger charge is -2.22. The average Bonchev–Trinajstić information content (AvgIpc) is 2.50. The van der Waals surface area contributed by atoms with Crippen LogP contribution in [0.25, 0.3) is 0 Å². The van der Waals surface area contributed by atoms with Crippen molar-refractivity contribution in [3.05, 3.63) is 0 Å². The van der Waals surface area contributed by atoms with Crippen molar-refractivity contribution < 1.29 is 23.8 Å². The lowest BCUT2D eigenvalue weighted by molar-refractivity contribution is -0.156. The normalized spacial score (nSPS) is 12.7. The summed E-state index contributed by atoms with van der Waals surface area (Å²) in [5.41, 5.74) is 0.210. The Bertz CT molecular complexity index is 360. The molecule has 0 saturated carbocycles. The summed E-state index contributed by atoms with van der Waals surface area (Å²) in [6, 6.07) is 0. The Morgan fingerprint density at radius 3 is 2.04 bits per heavy atom. The van der Waals surface area contributed by atoms with Gasteiger partial charge in [-0.15, -0.1) is 0 Å². The van der Waals surface area contributed by atoms with Gasteiger partial charge >= 0.3 is 11.9 Å². The number of carbonyl (C=O) groups excluding carboxylic acids is 2. The second kappa shape index (κ2) is 14.1. The van der Waals surface area contributed by atoms with E-state index in [1.165, 1.54) is 25.7 Å². The van der Waals surface area contributed by atoms with Gasteiger partial charge in [-0.1, -0.05) is 66.7 Å². The maximum atomic E-state index is 11.6. The molecule has 0 bridgehead atoms. The highest BCUT2D eigenvalue weighted by atomic mass is 16.6. The molecule has 0 spiro atoms. The molecule has 5 nitrogen and oxygen atoms in total. The number of ether oxygens (including phenoxy) is 3. The van der Waals surface area contributed by atoms with Gasteiger partial charge in [0.25, 0.3) is 0 Å². The van der Waals surface area contributed by atoms with Gasteiger partial charge < -0.3 is 14.2 Å². The van der Waals surface area contributed by atoms with Gasteiger partial charge in [-0.2, -0.15) is 0 Å². The van der Waals surface area contributed by atoms with Crippen molar-refractivity contribution in [3.8, 4) is 0 Å². The van der Waals surface area contributed by atoms with Crippen molar-refractivity contribution in [2.75, 3.05) is 26.4 Å². The summed E-state index contributed by atoms with van der Waals surface area (Å²) in [7, 11) is 0. The zero-order valence-corrected chi connectivity index (χ0v) is 16.9. The van der Waals surface area contributed by atoms with Crippen LogP contribution in [0.2, 0.25) is 0 Å². The van der Waals surface area contributed by atoms with E-state index in [1.54, 1.807) is 0 Å². The monoisotopic (exact) mass is 358 g/mol. The van der Waals surface area contributed by atoms with Crippen molar-refractivity contribution in [3.63, 3.8) is 0 Å². The minimum absolute atomic E-state index is 0.206. The lowest BCUT2D eigenvalue weighted by Crippen LogP contribution is -2.22. The molecule has 0 aliphatic carbocycles. The Morgan fingerprint density at radius 1 is 0.880 bits per heavy atom. The molecule has 0 aromatic rings. The van der Waals surface area contributed by atoms with Crippen LogP contribution in [0, 0.1) is 11.3 Å². The number of unbranched alkanes of at least 4 members (excludes halogenated alkanes) is 5. The molecule has 0 rings (SSSR count). The molecular weight excluding hydrogens is 320 g/mol. The number of hydrogen-bond acceptors (Lipinski definition) is 5. The van der Waals surface area contributed by atoms with E-state index in [0.717, 1.165) is 19.3 Å². The van der Waals surface area contributed by atoms with Gasteiger partial charge in [0.15, 0.2) is 0 Å². The van der Waals surface area contributed by atoms with Crippen molar-refractivity contribution in [2.45, 2.75) is 79.6 Å². The van der Waals surface area contributed by atoms with Crippen LogP contribution in [0.4, 0.5) is 0 Å². The molecule has 1 atom stereocenters. The first kappa shape index (κ1) is 23.9. The van der Waals surface area contributed by atoms with Gasteiger partial charge in [0.1, 0.15) is 13.2 Å². The first-order valence-electron chi connectivity index (χ1n) is 9.63. The van der Waals surface area contributed by atoms with E-state index in [-0.39, 0.29) is 18.6 Å². The van der Waals surface area contributed by atoms with E-state index >= 15 is 0 Å². The van der Waals surface area contributed by atoms with E-state index in [1.807, 2.05) is 0 Å². The quantitative estimate of drug-likeness (QED) is 0.337. The van der Waals surface area contributed by atoms with Crippen molar-refractivity contribution in [1.82, 2.24) is 0 Å². The summed E-state index contributed by atoms with van der Waals surface area (Å²) < 4.78 is 15.3. The van der Waals surface area contributed by atoms with Crippen LogP contribution < -0.4 is 0 Å². The van der Waals surface area contributed by atoms with Crippen LogP contribution in [0.5, 0.6) is 0 Å². The van der Waals surface area contributed by atoms with Crippen LogP contribution in [0.1, 0.15) is 79.6 Å². The van der Waals surface area contributed by atoms with Gasteiger partial charge in [0.2, 0.25) is 0 Å². The SMILES string of the molecule is CCCCCCCCOC(=O)COCC(=O)OCC(C)CC(C)(C)C. The fourth-order valence-electron chi connectivity index (χ4n) is 2.71. The highest BCUT2D eigenvalue weighted by Gasteiger charge is 2.17. The van der Waals surface area contributed by atoms with E-state index < -0.39 is 11.9 Å². The Morgan fingerprint density at radius 2 is 1.44 bits per heavy atom. The standard InChI is InChI=1S/C20H38O5/c1-6-7-8-9-10-11-12-24-18(21)15-23-16-19(22)25-14-17(2)13-20(3,4)5/h17H,6-16H2,1-5H3. The smallest absolute Gasteiger partial charge is 0.332 e. The number of hydrogen-bond donors (Lipinski definition) is 0. The molecule has 0 aromatic heterocycles. The number of carbonyl (C=O) groups is 2. The molecule has 0 aliphatic rings. The van der Waals surface area contributed by atoms with Crippen molar-refractivity contribution in [1.29, 1.82) is 0 Å². The molecule has 1 unspecified atom stereocenters. The Balaban J connectivity index is 3.55. The maximum Gasteiger partial charge on any atom is 0.332 e. The van der Waals surface area contributed by atoms with Crippen LogP contribution in [-0.2, 0) is 23.8 Å². The van der Waals surface area contributed by atoms with Crippen molar-refractivity contribution >= 4 is 11.9 Å². The van der Waals surface area contributed by atoms with E-state index in [0.29, 0.717) is 19.1 Å². The first-order valence-corrected chi connectivity index (χ1v) is 9.63. The molecule has 148 valence electrons. The van der Waals surface area contributed by atoms with E-state index in [4.69, 9.17) is 14.2 Å². The molecular formula is C20H38O5. The fourth-order valence-corrected chi connectivity index (χ4v) is 2.71. The van der Waals surface area contributed by atoms with Gasteiger partial charge in [-0.05, 0) is 24.2 Å². The predicted molar refractivity (Wildman–Crippen MR) is 99.3 cm³/mol. The molecule has 5 heteroatoms. The minimum atomic E-state index is -0.440. The third-order valence-electron chi connectivity index (χ3n) is 3.69. The Hall–Kier alpha value is -1.10. The second-order valence-corrected chi connectivity index (χ2v) is 8.03. The highest BCUT2D eigenvalue weighted by Crippen LogP contribution is 2.24. The van der Waals surface area contributed by atoms with Crippen LogP contribution in [-0.4, -0.2) is 38.4 Å². The summed E-state index contributed by atoms with van der Waals surface area (Å²) in [6.45, 7) is 11.1. The molecule has 0 aromatic carbocycles. The zero-order valence-electron chi connectivity index (χ0n) is 16.9. The fraction of sp³-hybridized carbons (Fsp3) is 0.900. The Labute approximate surface area is 153 Å². The van der Waals surface area contributed by atoms with E-state index in [9.17, 15) is 9.59 Å². The maximum absolute atomic E-state index is 11.6. The summed E-state index contributed by atoms with van der Waals surface area (Å²) in [5, 5.41) is 0. The molecule has 0 heterocycles. The number of esters is 2. The summed E-state index contributed by atoms with van der Waals surface area (Å²) in [4.78, 5) is 23.1. The topological polar surface area (TPSA) is 61.8 Å². The summed E-state index contributed by atoms with van der Waals surface area (Å²) >= 11 is 0. The summed E-state index contributed by atoms with van der Waals surface area (Å²) in [6.07, 6.45) is 7.84. The van der Waals surface area contributed by atoms with Gasteiger partial charge in [-0.3, -0.25) is 0 Å². The largest absolute Gasteiger partial charge is 0.464 e. The van der Waals surface area contributed by atoms with Gasteiger partial charge in [0.05, 0.1) is 13.2 Å². The van der Waals surface area contributed by atoms with Crippen LogP contribution in [0.15, 0.2) is 0 Å². The molecule has 0 amide bonds. The predicted octanol–water partition coefficient (Wildman–Crippen LogP) is 4.52. The average molecular weight is 359 g/mol. The van der Waals surface area contributed by atoms with Crippen LogP contribution in [0.3, 0.4) is 0 Å². The first-order chi connectivity index (χ1) is 11.7. The van der Waals surface area contributed by atoms with Crippen molar-refractivity contribution in [2.24, 2.45) is 11.3 Å². The molecule has 0 saturated heterocycles. The highest BCUT2D eigenvalue weighted by molar-refractivity contribution is 5.73. The molecule has 0 N–H and O–H groups in total. The second-order valence-electron chi connectivity index (χ2n) is 8.03. The molecule has 0 fully saturated rings. The third kappa shape index (κ3) is 17.5. The van der Waals surface area contributed by atoms with Gasteiger partial charge in [0, 0.05) is 0 Å². The number of rotatable bonds is 14. The van der Waals surface area contributed by atoms with Crippen LogP contribution >= 0.6 is 0 Å². The van der Waals surface area contributed by atoms with Gasteiger partial charge in [-0.25, -0.2) is 9.59 Å². The molecule has 0 aliphatic heterocycles. The lowest BCUT2D eigenvalue weighted by atomic mass is 9.86. The molecule has 25 heavy (non-hydrogen) atoms. The summed E-state index contributed by atoms with van der Waals surface area (Å²) in [5.74, 6) is -0.571. The zero-order chi connectivity index (χ0) is 19.1. The molecule has 0 radical (unpaired) electrons.